The number of hydrogen-bond donors (Lipinski definition) is 1. The minimum atomic E-state index is 0.140. The van der Waals surface area contributed by atoms with Crippen LogP contribution in [0.3, 0.4) is 0 Å². The molecule has 0 aliphatic carbocycles. The average Bonchev–Trinajstić information content (AvgIpc) is 2.26. The Morgan fingerprint density at radius 2 is 2.00 bits per heavy atom. The molecule has 19 heavy (non-hydrogen) atoms. The standard InChI is InChI=1S/C14H16BrN3O/c1-9(2)19-11-4-5-16-13(8-11)18-14-7-10(3)6-12(15)17-14/h4-9H,1-3H3,(H,16,17,18). The van der Waals surface area contributed by atoms with Gasteiger partial charge in [-0.25, -0.2) is 9.97 Å². The molecular weight excluding hydrogens is 306 g/mol. The highest BCUT2D eigenvalue weighted by Gasteiger charge is 2.03. The predicted molar refractivity (Wildman–Crippen MR) is 80.0 cm³/mol. The van der Waals surface area contributed by atoms with Crippen LogP contribution >= 0.6 is 15.9 Å². The van der Waals surface area contributed by atoms with Crippen molar-refractivity contribution >= 4 is 27.6 Å². The normalized spacial score (nSPS) is 10.6. The molecule has 100 valence electrons. The molecule has 0 amide bonds. The summed E-state index contributed by atoms with van der Waals surface area (Å²) in [7, 11) is 0. The fraction of sp³-hybridized carbons (Fsp3) is 0.286. The largest absolute Gasteiger partial charge is 0.491 e. The number of hydrogen-bond acceptors (Lipinski definition) is 4. The Labute approximate surface area is 121 Å². The van der Waals surface area contributed by atoms with Gasteiger partial charge in [-0.3, -0.25) is 0 Å². The molecule has 0 aliphatic heterocycles. The van der Waals surface area contributed by atoms with Crippen LogP contribution in [0.25, 0.3) is 0 Å². The first-order valence-electron chi connectivity index (χ1n) is 6.07. The number of rotatable bonds is 4. The summed E-state index contributed by atoms with van der Waals surface area (Å²) in [4.78, 5) is 8.60. The molecule has 2 heterocycles. The highest BCUT2D eigenvalue weighted by Crippen LogP contribution is 2.21. The zero-order valence-corrected chi connectivity index (χ0v) is 12.7. The lowest BCUT2D eigenvalue weighted by atomic mass is 10.3. The molecule has 4 nitrogen and oxygen atoms in total. The van der Waals surface area contributed by atoms with Crippen molar-refractivity contribution in [3.8, 4) is 5.75 Å². The summed E-state index contributed by atoms with van der Waals surface area (Å²) in [6.45, 7) is 6.00. The van der Waals surface area contributed by atoms with E-state index in [0.29, 0.717) is 5.82 Å². The van der Waals surface area contributed by atoms with E-state index in [1.807, 2.05) is 45.0 Å². The number of anilines is 2. The third-order valence-corrected chi connectivity index (χ3v) is 2.70. The molecule has 0 aliphatic rings. The van der Waals surface area contributed by atoms with Crippen LogP contribution in [0.15, 0.2) is 35.1 Å². The number of halogens is 1. The van der Waals surface area contributed by atoms with Crippen LogP contribution in [-0.4, -0.2) is 16.1 Å². The van der Waals surface area contributed by atoms with Gasteiger partial charge in [0.05, 0.1) is 6.10 Å². The van der Waals surface area contributed by atoms with Gasteiger partial charge in [-0.2, -0.15) is 0 Å². The second kappa shape index (κ2) is 6.02. The Kier molecular flexibility index (Phi) is 4.37. The van der Waals surface area contributed by atoms with Crippen LogP contribution in [0.2, 0.25) is 0 Å². The van der Waals surface area contributed by atoms with E-state index >= 15 is 0 Å². The quantitative estimate of drug-likeness (QED) is 0.862. The molecule has 0 spiro atoms. The minimum Gasteiger partial charge on any atom is -0.491 e. The van der Waals surface area contributed by atoms with E-state index in [1.54, 1.807) is 6.20 Å². The molecule has 0 saturated heterocycles. The summed E-state index contributed by atoms with van der Waals surface area (Å²) in [5.41, 5.74) is 1.12. The first-order chi connectivity index (χ1) is 9.02. The van der Waals surface area contributed by atoms with Gasteiger partial charge >= 0.3 is 0 Å². The molecule has 0 aromatic carbocycles. The number of nitrogens with zero attached hydrogens (tertiary/aromatic N) is 2. The summed E-state index contributed by atoms with van der Waals surface area (Å²) in [6.07, 6.45) is 1.85. The van der Waals surface area contributed by atoms with Crippen molar-refractivity contribution < 1.29 is 4.74 Å². The fourth-order valence-electron chi connectivity index (χ4n) is 1.65. The van der Waals surface area contributed by atoms with Crippen molar-refractivity contribution in [2.24, 2.45) is 0 Å². The Bertz CT molecular complexity index is 552. The van der Waals surface area contributed by atoms with Crippen molar-refractivity contribution in [2.45, 2.75) is 26.9 Å². The molecule has 2 rings (SSSR count). The summed E-state index contributed by atoms with van der Waals surface area (Å²) in [5, 5.41) is 3.17. The highest BCUT2D eigenvalue weighted by atomic mass is 79.9. The second-order valence-electron chi connectivity index (χ2n) is 4.52. The second-order valence-corrected chi connectivity index (χ2v) is 5.33. The molecule has 0 radical (unpaired) electrons. The molecular formula is C14H16BrN3O. The topological polar surface area (TPSA) is 47.0 Å². The SMILES string of the molecule is Cc1cc(Br)nc(Nc2cc(OC(C)C)ccn2)c1. The van der Waals surface area contributed by atoms with E-state index in [9.17, 15) is 0 Å². The van der Waals surface area contributed by atoms with Crippen molar-refractivity contribution in [3.05, 3.63) is 40.6 Å². The van der Waals surface area contributed by atoms with E-state index < -0.39 is 0 Å². The summed E-state index contributed by atoms with van der Waals surface area (Å²) in [5.74, 6) is 2.25. The monoisotopic (exact) mass is 321 g/mol. The van der Waals surface area contributed by atoms with Crippen LogP contribution in [0.5, 0.6) is 5.75 Å². The molecule has 5 heteroatoms. The lowest BCUT2D eigenvalue weighted by Gasteiger charge is -2.11. The van der Waals surface area contributed by atoms with E-state index in [0.717, 1.165) is 21.7 Å². The number of aromatic nitrogens is 2. The zero-order chi connectivity index (χ0) is 13.8. The Morgan fingerprint density at radius 1 is 1.21 bits per heavy atom. The molecule has 0 fully saturated rings. The molecule has 0 bridgehead atoms. The zero-order valence-electron chi connectivity index (χ0n) is 11.1. The summed E-state index contributed by atoms with van der Waals surface area (Å²) >= 11 is 3.38. The van der Waals surface area contributed by atoms with Gasteiger partial charge in [0.15, 0.2) is 0 Å². The van der Waals surface area contributed by atoms with E-state index in [-0.39, 0.29) is 6.10 Å². The Morgan fingerprint density at radius 3 is 2.68 bits per heavy atom. The number of ether oxygens (including phenoxy) is 1. The predicted octanol–water partition coefficient (Wildman–Crippen LogP) is 4.08. The lowest BCUT2D eigenvalue weighted by Crippen LogP contribution is -2.06. The average molecular weight is 322 g/mol. The van der Waals surface area contributed by atoms with Crippen molar-refractivity contribution in [2.75, 3.05) is 5.32 Å². The number of pyridine rings is 2. The lowest BCUT2D eigenvalue weighted by molar-refractivity contribution is 0.242. The van der Waals surface area contributed by atoms with Crippen LogP contribution in [0.1, 0.15) is 19.4 Å². The van der Waals surface area contributed by atoms with Gasteiger partial charge in [-0.05, 0) is 60.5 Å². The van der Waals surface area contributed by atoms with E-state index in [1.165, 1.54) is 0 Å². The third kappa shape index (κ3) is 4.21. The van der Waals surface area contributed by atoms with Gasteiger partial charge in [-0.15, -0.1) is 0 Å². The molecule has 0 atom stereocenters. The van der Waals surface area contributed by atoms with Gasteiger partial charge in [-0.1, -0.05) is 0 Å². The van der Waals surface area contributed by atoms with Crippen LogP contribution in [-0.2, 0) is 0 Å². The van der Waals surface area contributed by atoms with Gasteiger partial charge < -0.3 is 10.1 Å². The van der Waals surface area contributed by atoms with E-state index in [2.05, 4.69) is 31.2 Å². The van der Waals surface area contributed by atoms with Gasteiger partial charge in [0, 0.05) is 12.3 Å². The van der Waals surface area contributed by atoms with Gasteiger partial charge in [0.1, 0.15) is 22.0 Å². The van der Waals surface area contributed by atoms with E-state index in [4.69, 9.17) is 4.74 Å². The molecule has 0 unspecified atom stereocenters. The fourth-order valence-corrected chi connectivity index (χ4v) is 2.20. The summed E-state index contributed by atoms with van der Waals surface area (Å²) in [6, 6.07) is 7.61. The minimum absolute atomic E-state index is 0.140. The van der Waals surface area contributed by atoms with Crippen LogP contribution in [0.4, 0.5) is 11.6 Å². The van der Waals surface area contributed by atoms with Crippen molar-refractivity contribution in [1.29, 1.82) is 0 Å². The van der Waals surface area contributed by atoms with Crippen LogP contribution < -0.4 is 10.1 Å². The van der Waals surface area contributed by atoms with Crippen molar-refractivity contribution in [3.63, 3.8) is 0 Å². The van der Waals surface area contributed by atoms with Gasteiger partial charge in [0.2, 0.25) is 0 Å². The maximum atomic E-state index is 5.63. The molecule has 1 N–H and O–H groups in total. The Balaban J connectivity index is 2.18. The number of nitrogens with one attached hydrogen (secondary N) is 1. The summed E-state index contributed by atoms with van der Waals surface area (Å²) < 4.78 is 6.43. The highest BCUT2D eigenvalue weighted by molar-refractivity contribution is 9.10. The first-order valence-corrected chi connectivity index (χ1v) is 6.86. The smallest absolute Gasteiger partial charge is 0.135 e. The third-order valence-electron chi connectivity index (χ3n) is 2.30. The van der Waals surface area contributed by atoms with Gasteiger partial charge in [0.25, 0.3) is 0 Å². The maximum absolute atomic E-state index is 5.63. The first kappa shape index (κ1) is 13.8. The molecule has 2 aromatic rings. The van der Waals surface area contributed by atoms with Crippen LogP contribution in [0, 0.1) is 6.92 Å². The molecule has 2 aromatic heterocycles. The number of aryl methyl sites for hydroxylation is 1. The maximum Gasteiger partial charge on any atom is 0.135 e. The Hall–Kier alpha value is -1.62. The van der Waals surface area contributed by atoms with Crippen molar-refractivity contribution in [1.82, 2.24) is 9.97 Å². The molecule has 0 saturated carbocycles.